The number of carbonyl (C=O) groups is 3. The molecule has 144 valence electrons. The van der Waals surface area contributed by atoms with Crippen molar-refractivity contribution < 1.29 is 38.8 Å². The predicted molar refractivity (Wildman–Crippen MR) is 91.1 cm³/mol. The molecule has 9 heteroatoms. The molecule has 0 radical (unpaired) electrons. The van der Waals surface area contributed by atoms with Gasteiger partial charge < -0.3 is 29.7 Å². The summed E-state index contributed by atoms with van der Waals surface area (Å²) in [6.07, 6.45) is -0.741. The molecule has 3 N–H and O–H groups in total. The van der Waals surface area contributed by atoms with Gasteiger partial charge in [-0.3, -0.25) is 9.59 Å². The van der Waals surface area contributed by atoms with Crippen molar-refractivity contribution in [2.75, 3.05) is 19.8 Å². The van der Waals surface area contributed by atoms with E-state index in [9.17, 15) is 14.4 Å². The molecule has 26 heavy (non-hydrogen) atoms. The van der Waals surface area contributed by atoms with Crippen LogP contribution in [0.5, 0.6) is 17.2 Å². The number of carbonyl (C=O) groups excluding carboxylic acids is 1. The molecule has 0 heterocycles. The standard InChI is InChI=1S/C17H23NO8/c1-4-24-12-7-10(8-13(25-5-2)15(12)26-6-3)16(21)18-11(17(22)23)9-14(19)20/h7-8,11H,4-6,9H2,1-3H3,(H,18,21)(H,19,20)(H,22,23). The van der Waals surface area contributed by atoms with Crippen molar-refractivity contribution in [3.8, 4) is 17.2 Å². The Morgan fingerprint density at radius 3 is 1.85 bits per heavy atom. The molecular weight excluding hydrogens is 346 g/mol. The van der Waals surface area contributed by atoms with Crippen LogP contribution in [0.1, 0.15) is 37.6 Å². The van der Waals surface area contributed by atoms with Gasteiger partial charge in [0.2, 0.25) is 5.75 Å². The predicted octanol–water partition coefficient (Wildman–Crippen LogP) is 1.54. The first-order chi connectivity index (χ1) is 12.3. The Morgan fingerprint density at radius 2 is 1.46 bits per heavy atom. The summed E-state index contributed by atoms with van der Waals surface area (Å²) in [4.78, 5) is 34.3. The van der Waals surface area contributed by atoms with Gasteiger partial charge in [-0.25, -0.2) is 4.79 Å². The smallest absolute Gasteiger partial charge is 0.326 e. The van der Waals surface area contributed by atoms with Gasteiger partial charge in [-0.1, -0.05) is 0 Å². The second-order valence-corrected chi connectivity index (χ2v) is 5.06. The van der Waals surface area contributed by atoms with E-state index in [0.29, 0.717) is 25.6 Å². The lowest BCUT2D eigenvalue weighted by Crippen LogP contribution is -2.42. The molecule has 1 unspecified atom stereocenters. The van der Waals surface area contributed by atoms with E-state index >= 15 is 0 Å². The summed E-state index contributed by atoms with van der Waals surface area (Å²) >= 11 is 0. The van der Waals surface area contributed by atoms with Gasteiger partial charge in [-0.15, -0.1) is 0 Å². The van der Waals surface area contributed by atoms with Crippen molar-refractivity contribution >= 4 is 17.8 Å². The highest BCUT2D eigenvalue weighted by atomic mass is 16.5. The van der Waals surface area contributed by atoms with E-state index in [2.05, 4.69) is 5.32 Å². The summed E-state index contributed by atoms with van der Waals surface area (Å²) in [5.41, 5.74) is 0.0667. The topological polar surface area (TPSA) is 131 Å². The van der Waals surface area contributed by atoms with E-state index < -0.39 is 30.3 Å². The Labute approximate surface area is 150 Å². The zero-order chi connectivity index (χ0) is 19.7. The minimum atomic E-state index is -1.56. The van der Waals surface area contributed by atoms with Crippen LogP contribution in [-0.2, 0) is 9.59 Å². The van der Waals surface area contributed by atoms with Crippen LogP contribution in [0.25, 0.3) is 0 Å². The van der Waals surface area contributed by atoms with Crippen molar-refractivity contribution in [2.45, 2.75) is 33.2 Å². The van der Waals surface area contributed by atoms with Crippen LogP contribution >= 0.6 is 0 Å². The highest BCUT2D eigenvalue weighted by Gasteiger charge is 2.25. The molecule has 1 aromatic rings. The van der Waals surface area contributed by atoms with Crippen LogP contribution in [0, 0.1) is 0 Å². The number of nitrogens with one attached hydrogen (secondary N) is 1. The summed E-state index contributed by atoms with van der Waals surface area (Å²) in [7, 11) is 0. The van der Waals surface area contributed by atoms with Crippen LogP contribution in [0.2, 0.25) is 0 Å². The van der Waals surface area contributed by atoms with Gasteiger partial charge in [0.05, 0.1) is 26.2 Å². The maximum Gasteiger partial charge on any atom is 0.326 e. The number of rotatable bonds is 11. The van der Waals surface area contributed by atoms with Gasteiger partial charge >= 0.3 is 11.9 Å². The summed E-state index contributed by atoms with van der Waals surface area (Å²) in [6, 6.07) is 1.23. The Morgan fingerprint density at radius 1 is 0.962 bits per heavy atom. The number of aliphatic carboxylic acids is 2. The molecule has 0 aliphatic rings. The molecule has 1 rings (SSSR count). The zero-order valence-corrected chi connectivity index (χ0v) is 14.9. The third-order valence-corrected chi connectivity index (χ3v) is 3.15. The van der Waals surface area contributed by atoms with Crippen molar-refractivity contribution in [1.82, 2.24) is 5.32 Å². The summed E-state index contributed by atoms with van der Waals surface area (Å²) in [5.74, 6) is -2.65. The zero-order valence-electron chi connectivity index (χ0n) is 14.9. The number of ether oxygens (including phenoxy) is 3. The Kier molecular flexibility index (Phi) is 8.20. The molecule has 0 fully saturated rings. The van der Waals surface area contributed by atoms with Crippen LogP contribution in [0.15, 0.2) is 12.1 Å². The van der Waals surface area contributed by atoms with Crippen molar-refractivity contribution in [3.63, 3.8) is 0 Å². The minimum Gasteiger partial charge on any atom is -0.490 e. The van der Waals surface area contributed by atoms with Crippen LogP contribution < -0.4 is 19.5 Å². The second kappa shape index (κ2) is 10.1. The number of carboxylic acids is 2. The van der Waals surface area contributed by atoms with E-state index in [-0.39, 0.29) is 17.1 Å². The van der Waals surface area contributed by atoms with Crippen LogP contribution in [0.3, 0.4) is 0 Å². The molecule has 0 aromatic heterocycles. The Balaban J connectivity index is 3.22. The monoisotopic (exact) mass is 369 g/mol. The second-order valence-electron chi connectivity index (χ2n) is 5.06. The largest absolute Gasteiger partial charge is 0.490 e. The highest BCUT2D eigenvalue weighted by molar-refractivity contribution is 5.98. The first-order valence-electron chi connectivity index (χ1n) is 8.15. The fraction of sp³-hybridized carbons (Fsp3) is 0.471. The van der Waals surface area contributed by atoms with Crippen LogP contribution in [0.4, 0.5) is 0 Å². The molecule has 0 aliphatic carbocycles. The van der Waals surface area contributed by atoms with Crippen LogP contribution in [-0.4, -0.2) is 53.9 Å². The first-order valence-corrected chi connectivity index (χ1v) is 8.15. The summed E-state index contributed by atoms with van der Waals surface area (Å²) in [5, 5.41) is 20.0. The maximum absolute atomic E-state index is 12.4. The van der Waals surface area contributed by atoms with E-state index in [1.54, 1.807) is 20.8 Å². The third kappa shape index (κ3) is 5.83. The Hall–Kier alpha value is -2.97. The van der Waals surface area contributed by atoms with Gasteiger partial charge in [0, 0.05) is 5.56 Å². The van der Waals surface area contributed by atoms with Gasteiger partial charge in [0.25, 0.3) is 5.91 Å². The normalized spacial score (nSPS) is 11.3. The van der Waals surface area contributed by atoms with Gasteiger partial charge in [-0.05, 0) is 32.9 Å². The molecule has 0 saturated carbocycles. The molecule has 1 atom stereocenters. The molecule has 1 aromatic carbocycles. The molecule has 0 aliphatic heterocycles. The van der Waals surface area contributed by atoms with E-state index in [1.807, 2.05) is 0 Å². The molecule has 9 nitrogen and oxygen atoms in total. The van der Waals surface area contributed by atoms with Gasteiger partial charge in [0.15, 0.2) is 11.5 Å². The Bertz CT molecular complexity index is 631. The molecule has 0 spiro atoms. The molecule has 0 bridgehead atoms. The number of amides is 1. The molecular formula is C17H23NO8. The quantitative estimate of drug-likeness (QED) is 0.535. The lowest BCUT2D eigenvalue weighted by molar-refractivity contribution is -0.145. The SMILES string of the molecule is CCOc1cc(C(=O)NC(CC(=O)O)C(=O)O)cc(OCC)c1OCC. The van der Waals surface area contributed by atoms with Crippen molar-refractivity contribution in [3.05, 3.63) is 17.7 Å². The molecule has 1 amide bonds. The van der Waals surface area contributed by atoms with E-state index in [1.165, 1.54) is 12.1 Å². The lowest BCUT2D eigenvalue weighted by atomic mass is 10.1. The van der Waals surface area contributed by atoms with Crippen molar-refractivity contribution in [2.24, 2.45) is 0 Å². The third-order valence-electron chi connectivity index (χ3n) is 3.15. The summed E-state index contributed by atoms with van der Waals surface area (Å²) < 4.78 is 16.5. The average molecular weight is 369 g/mol. The molecule has 0 saturated heterocycles. The fourth-order valence-electron chi connectivity index (χ4n) is 2.14. The first kappa shape index (κ1) is 21.1. The maximum atomic E-state index is 12.4. The number of carboxylic acid groups (broad SMARTS) is 2. The fourth-order valence-corrected chi connectivity index (χ4v) is 2.14. The van der Waals surface area contributed by atoms with E-state index in [0.717, 1.165) is 0 Å². The number of hydrogen-bond donors (Lipinski definition) is 3. The average Bonchev–Trinajstić information content (AvgIpc) is 2.56. The van der Waals surface area contributed by atoms with Gasteiger partial charge in [-0.2, -0.15) is 0 Å². The summed E-state index contributed by atoms with van der Waals surface area (Å²) in [6.45, 7) is 6.29. The number of benzene rings is 1. The van der Waals surface area contributed by atoms with Gasteiger partial charge in [0.1, 0.15) is 6.04 Å². The lowest BCUT2D eigenvalue weighted by Gasteiger charge is -2.18. The number of hydrogen-bond acceptors (Lipinski definition) is 6. The minimum absolute atomic E-state index is 0.0667. The van der Waals surface area contributed by atoms with E-state index in [4.69, 9.17) is 24.4 Å². The van der Waals surface area contributed by atoms with Crippen molar-refractivity contribution in [1.29, 1.82) is 0 Å². The highest BCUT2D eigenvalue weighted by Crippen LogP contribution is 2.39.